The number of carbonyl (C=O) groups excluding carboxylic acids is 1. The molecule has 2 aromatic carbocycles. The number of rotatable bonds is 11. The molecule has 0 atom stereocenters. The maximum Gasteiger partial charge on any atom is 0.229 e. The molecule has 0 saturated carbocycles. The fourth-order valence-corrected chi connectivity index (χ4v) is 5.09. The highest BCUT2D eigenvalue weighted by Crippen LogP contribution is 2.34. The van der Waals surface area contributed by atoms with E-state index >= 15 is 0 Å². The van der Waals surface area contributed by atoms with Crippen molar-refractivity contribution in [2.75, 3.05) is 44.4 Å². The van der Waals surface area contributed by atoms with Crippen LogP contribution in [0.4, 0.5) is 5.13 Å². The molecule has 174 valence electrons. The van der Waals surface area contributed by atoms with Gasteiger partial charge in [0.2, 0.25) is 5.91 Å². The van der Waals surface area contributed by atoms with Crippen LogP contribution in [-0.2, 0) is 4.79 Å². The van der Waals surface area contributed by atoms with Gasteiger partial charge in [0, 0.05) is 28.6 Å². The van der Waals surface area contributed by atoms with Crippen molar-refractivity contribution in [3.8, 4) is 5.75 Å². The summed E-state index contributed by atoms with van der Waals surface area (Å²) in [6.45, 7) is 4.10. The van der Waals surface area contributed by atoms with Gasteiger partial charge in [0.1, 0.15) is 11.3 Å². The molecule has 0 radical (unpaired) electrons. The van der Waals surface area contributed by atoms with Crippen LogP contribution in [0.3, 0.4) is 0 Å². The van der Waals surface area contributed by atoms with Crippen LogP contribution in [0.15, 0.2) is 47.4 Å². The number of thioether (sulfide) groups is 1. The Bertz CT molecular complexity index is 997. The van der Waals surface area contributed by atoms with E-state index in [4.69, 9.17) is 21.3 Å². The highest BCUT2D eigenvalue weighted by Gasteiger charge is 2.20. The monoisotopic (exact) mass is 513 g/mol. The zero-order valence-corrected chi connectivity index (χ0v) is 21.8. The maximum atomic E-state index is 13.2. The summed E-state index contributed by atoms with van der Waals surface area (Å²) in [6, 6.07) is 13.6. The van der Waals surface area contributed by atoms with Crippen molar-refractivity contribution in [2.45, 2.75) is 24.7 Å². The first-order chi connectivity index (χ1) is 15.0. The number of anilines is 1. The van der Waals surface area contributed by atoms with Gasteiger partial charge in [0.25, 0.3) is 0 Å². The van der Waals surface area contributed by atoms with Gasteiger partial charge in [-0.3, -0.25) is 9.69 Å². The minimum atomic E-state index is 0. The van der Waals surface area contributed by atoms with Gasteiger partial charge in [0.15, 0.2) is 5.13 Å². The molecule has 1 amide bonds. The molecule has 0 bridgehead atoms. The first-order valence-electron chi connectivity index (χ1n) is 10.3. The van der Waals surface area contributed by atoms with Crippen LogP contribution in [-0.4, -0.2) is 55.3 Å². The van der Waals surface area contributed by atoms with E-state index in [1.807, 2.05) is 68.4 Å². The number of ether oxygens (including phenoxy) is 1. The van der Waals surface area contributed by atoms with Crippen LogP contribution in [0, 0.1) is 0 Å². The van der Waals surface area contributed by atoms with E-state index in [9.17, 15) is 4.79 Å². The maximum absolute atomic E-state index is 13.2. The highest BCUT2D eigenvalue weighted by atomic mass is 35.5. The number of aromatic nitrogens is 1. The summed E-state index contributed by atoms with van der Waals surface area (Å²) in [6.07, 6.45) is 1.33. The molecule has 32 heavy (non-hydrogen) atoms. The van der Waals surface area contributed by atoms with Crippen LogP contribution < -0.4 is 9.64 Å². The van der Waals surface area contributed by atoms with Crippen LogP contribution in [0.2, 0.25) is 5.02 Å². The number of hydrogen-bond donors (Lipinski definition) is 0. The van der Waals surface area contributed by atoms with Crippen LogP contribution >= 0.6 is 47.1 Å². The van der Waals surface area contributed by atoms with Crippen molar-refractivity contribution < 1.29 is 9.53 Å². The summed E-state index contributed by atoms with van der Waals surface area (Å²) >= 11 is 9.16. The first kappa shape index (κ1) is 26.7. The van der Waals surface area contributed by atoms with Crippen molar-refractivity contribution in [1.82, 2.24) is 9.88 Å². The van der Waals surface area contributed by atoms with Gasteiger partial charge in [0.05, 0.1) is 11.3 Å². The molecule has 5 nitrogen and oxygen atoms in total. The first-order valence-corrected chi connectivity index (χ1v) is 12.5. The molecule has 0 spiro atoms. The Hall–Kier alpha value is -1.51. The Kier molecular flexibility index (Phi) is 11.1. The molecule has 3 aromatic rings. The standard InChI is InChI=1S/C23H28ClN3O2S2.ClH/c1-4-29-19-7-5-8-20-22(19)25-23(31-20)27(15-6-14-26(2)3)21(28)13-16-30-18-11-9-17(24)10-12-18;/h5,7-12H,4,6,13-16H2,1-3H3;1H. The number of hydrogen-bond acceptors (Lipinski definition) is 6. The van der Waals surface area contributed by atoms with E-state index in [-0.39, 0.29) is 18.3 Å². The van der Waals surface area contributed by atoms with Crippen LogP contribution in [0.5, 0.6) is 5.75 Å². The van der Waals surface area contributed by atoms with Crippen molar-refractivity contribution in [2.24, 2.45) is 0 Å². The summed E-state index contributed by atoms with van der Waals surface area (Å²) < 4.78 is 6.76. The Morgan fingerprint density at radius 1 is 1.16 bits per heavy atom. The Balaban J connectivity index is 0.00000363. The normalized spacial score (nSPS) is 10.9. The smallest absolute Gasteiger partial charge is 0.229 e. The lowest BCUT2D eigenvalue weighted by molar-refractivity contribution is -0.118. The third kappa shape index (κ3) is 7.52. The summed E-state index contributed by atoms with van der Waals surface area (Å²) in [5.41, 5.74) is 0.824. The van der Waals surface area contributed by atoms with E-state index < -0.39 is 0 Å². The fraction of sp³-hybridized carbons (Fsp3) is 0.391. The number of carbonyl (C=O) groups is 1. The van der Waals surface area contributed by atoms with Gasteiger partial charge < -0.3 is 9.64 Å². The van der Waals surface area contributed by atoms with Gasteiger partial charge in [-0.1, -0.05) is 29.0 Å². The molecule has 0 aliphatic carbocycles. The number of nitrogens with zero attached hydrogens (tertiary/aromatic N) is 3. The summed E-state index contributed by atoms with van der Waals surface area (Å²) in [4.78, 5) is 23.0. The van der Waals surface area contributed by atoms with Gasteiger partial charge in [-0.05, 0) is 70.4 Å². The van der Waals surface area contributed by atoms with Gasteiger partial charge in [-0.2, -0.15) is 0 Å². The molecule has 1 aromatic heterocycles. The zero-order valence-electron chi connectivity index (χ0n) is 18.5. The second-order valence-electron chi connectivity index (χ2n) is 7.29. The topological polar surface area (TPSA) is 45.7 Å². The molecule has 0 fully saturated rings. The lowest BCUT2D eigenvalue weighted by Crippen LogP contribution is -2.33. The number of fused-ring (bicyclic) bond motifs is 1. The third-order valence-electron chi connectivity index (χ3n) is 4.59. The Labute approximate surface area is 209 Å². The average molecular weight is 515 g/mol. The number of benzene rings is 2. The second kappa shape index (κ2) is 13.3. The Morgan fingerprint density at radius 2 is 1.91 bits per heavy atom. The molecule has 3 rings (SSSR count). The van der Waals surface area contributed by atoms with E-state index in [1.165, 1.54) is 0 Å². The zero-order chi connectivity index (χ0) is 22.2. The Morgan fingerprint density at radius 3 is 2.59 bits per heavy atom. The van der Waals surface area contributed by atoms with Gasteiger partial charge in [-0.25, -0.2) is 4.98 Å². The second-order valence-corrected chi connectivity index (χ2v) is 9.90. The third-order valence-corrected chi connectivity index (χ3v) is 6.90. The summed E-state index contributed by atoms with van der Waals surface area (Å²) in [5, 5.41) is 1.46. The molecule has 0 aliphatic rings. The van der Waals surface area contributed by atoms with Gasteiger partial charge in [-0.15, -0.1) is 24.2 Å². The van der Waals surface area contributed by atoms with E-state index in [0.717, 1.165) is 44.0 Å². The van der Waals surface area contributed by atoms with E-state index in [2.05, 4.69) is 4.90 Å². The molecular weight excluding hydrogens is 485 g/mol. The minimum absolute atomic E-state index is 0. The average Bonchev–Trinajstić information content (AvgIpc) is 3.17. The molecule has 1 heterocycles. The van der Waals surface area contributed by atoms with Crippen molar-refractivity contribution in [1.29, 1.82) is 0 Å². The molecule has 0 aliphatic heterocycles. The lowest BCUT2D eigenvalue weighted by atomic mass is 10.3. The summed E-state index contributed by atoms with van der Waals surface area (Å²) in [5.74, 6) is 1.57. The predicted octanol–water partition coefficient (Wildman–Crippen LogP) is 6.24. The fourth-order valence-electron chi connectivity index (χ4n) is 3.09. The van der Waals surface area contributed by atoms with Gasteiger partial charge >= 0.3 is 0 Å². The van der Waals surface area contributed by atoms with Crippen molar-refractivity contribution >= 4 is 68.4 Å². The lowest BCUT2D eigenvalue weighted by Gasteiger charge is -2.21. The number of thiazole rings is 1. The highest BCUT2D eigenvalue weighted by molar-refractivity contribution is 7.99. The molecule has 9 heteroatoms. The molecule has 0 saturated heterocycles. The minimum Gasteiger partial charge on any atom is -0.492 e. The molecular formula is C23H29Cl2N3O2S2. The van der Waals surface area contributed by atoms with Crippen LogP contribution in [0.1, 0.15) is 19.8 Å². The summed E-state index contributed by atoms with van der Waals surface area (Å²) in [7, 11) is 4.09. The van der Waals surface area contributed by atoms with Crippen molar-refractivity contribution in [3.05, 3.63) is 47.5 Å². The van der Waals surface area contributed by atoms with E-state index in [1.54, 1.807) is 23.1 Å². The van der Waals surface area contributed by atoms with E-state index in [0.29, 0.717) is 25.3 Å². The predicted molar refractivity (Wildman–Crippen MR) is 140 cm³/mol. The van der Waals surface area contributed by atoms with Crippen molar-refractivity contribution in [3.63, 3.8) is 0 Å². The van der Waals surface area contributed by atoms with Crippen LogP contribution in [0.25, 0.3) is 10.2 Å². The SMILES string of the molecule is CCOc1cccc2sc(N(CCCN(C)C)C(=O)CCSc3ccc(Cl)cc3)nc12.Cl. The quantitative estimate of drug-likeness (QED) is 0.284. The largest absolute Gasteiger partial charge is 0.492 e. The number of amides is 1. The number of halogens is 2. The molecule has 0 N–H and O–H groups in total. The number of para-hydroxylation sites is 1. The molecule has 0 unspecified atom stereocenters.